The van der Waals surface area contributed by atoms with E-state index in [9.17, 15) is 9.59 Å². The zero-order valence-corrected chi connectivity index (χ0v) is 10.9. The maximum absolute atomic E-state index is 12.4. The van der Waals surface area contributed by atoms with Crippen molar-refractivity contribution in [2.45, 2.75) is 12.8 Å². The van der Waals surface area contributed by atoms with Crippen LogP contribution in [0.3, 0.4) is 0 Å². The summed E-state index contributed by atoms with van der Waals surface area (Å²) in [6, 6.07) is 5.55. The van der Waals surface area contributed by atoms with Gasteiger partial charge < -0.3 is 14.4 Å². The summed E-state index contributed by atoms with van der Waals surface area (Å²) < 4.78 is 1.78. The van der Waals surface area contributed by atoms with Gasteiger partial charge in [-0.05, 0) is 25.0 Å². The summed E-state index contributed by atoms with van der Waals surface area (Å²) in [6.07, 6.45) is 4.86. The number of carboxylic acid groups (broad SMARTS) is 1. The first-order valence-electron chi connectivity index (χ1n) is 6.61. The molecule has 2 aromatic rings. The molecule has 6 nitrogen and oxygen atoms in total. The summed E-state index contributed by atoms with van der Waals surface area (Å²) in [5, 5.41) is 9.07. The molecule has 3 heterocycles. The Labute approximate surface area is 115 Å². The first kappa shape index (κ1) is 12.7. The molecule has 1 aliphatic heterocycles. The van der Waals surface area contributed by atoms with Gasteiger partial charge in [0.1, 0.15) is 11.3 Å². The van der Waals surface area contributed by atoms with E-state index in [2.05, 4.69) is 4.98 Å². The number of carbonyl (C=O) groups excluding carboxylic acids is 1. The van der Waals surface area contributed by atoms with Crippen molar-refractivity contribution in [3.8, 4) is 0 Å². The predicted octanol–water partition coefficient (Wildman–Crippen LogP) is 1.27. The Hall–Kier alpha value is -2.37. The topological polar surface area (TPSA) is 74.9 Å². The third-order valence-corrected chi connectivity index (χ3v) is 3.64. The number of nitrogens with zero attached hydrogens (tertiary/aromatic N) is 3. The molecule has 0 unspecified atom stereocenters. The molecule has 6 heteroatoms. The van der Waals surface area contributed by atoms with Crippen LogP contribution >= 0.6 is 0 Å². The number of aromatic nitrogens is 2. The fraction of sp³-hybridized carbons (Fsp3) is 0.357. The van der Waals surface area contributed by atoms with E-state index in [4.69, 9.17) is 5.11 Å². The fourth-order valence-electron chi connectivity index (χ4n) is 2.56. The van der Waals surface area contributed by atoms with Crippen LogP contribution in [0.2, 0.25) is 0 Å². The Morgan fingerprint density at radius 1 is 1.35 bits per heavy atom. The van der Waals surface area contributed by atoms with Gasteiger partial charge in [-0.2, -0.15) is 0 Å². The molecule has 1 fully saturated rings. The average Bonchev–Trinajstić information content (AvgIpc) is 2.90. The number of aliphatic carboxylic acids is 1. The zero-order valence-electron chi connectivity index (χ0n) is 10.9. The Morgan fingerprint density at radius 3 is 2.95 bits per heavy atom. The number of carbonyl (C=O) groups is 2. The SMILES string of the molecule is O=C(O)[C@H]1CCCN(C(=O)c2cn3ccccc3n2)C1. The lowest BCUT2D eigenvalue weighted by atomic mass is 9.98. The molecule has 104 valence electrons. The number of amides is 1. The second-order valence-corrected chi connectivity index (χ2v) is 5.02. The summed E-state index contributed by atoms with van der Waals surface area (Å²) in [4.78, 5) is 29.3. The maximum Gasteiger partial charge on any atom is 0.308 e. The van der Waals surface area contributed by atoms with Crippen molar-refractivity contribution in [1.82, 2.24) is 14.3 Å². The first-order chi connectivity index (χ1) is 9.65. The van der Waals surface area contributed by atoms with E-state index < -0.39 is 11.9 Å². The zero-order chi connectivity index (χ0) is 14.1. The summed E-state index contributed by atoms with van der Waals surface area (Å²) in [6.45, 7) is 0.860. The van der Waals surface area contributed by atoms with Crippen LogP contribution in [0.1, 0.15) is 23.3 Å². The highest BCUT2D eigenvalue weighted by Crippen LogP contribution is 2.18. The summed E-state index contributed by atoms with van der Waals surface area (Å²) >= 11 is 0. The van der Waals surface area contributed by atoms with Crippen LogP contribution in [-0.2, 0) is 4.79 Å². The predicted molar refractivity (Wildman–Crippen MR) is 71.5 cm³/mol. The van der Waals surface area contributed by atoms with E-state index in [-0.39, 0.29) is 12.5 Å². The number of pyridine rings is 1. The molecule has 0 spiro atoms. The number of fused-ring (bicyclic) bond motifs is 1. The third-order valence-electron chi connectivity index (χ3n) is 3.64. The lowest BCUT2D eigenvalue weighted by Gasteiger charge is -2.30. The van der Waals surface area contributed by atoms with E-state index in [1.54, 1.807) is 15.5 Å². The Bertz CT molecular complexity index is 631. The van der Waals surface area contributed by atoms with Crippen LogP contribution in [0.4, 0.5) is 0 Å². The van der Waals surface area contributed by atoms with E-state index in [1.807, 2.05) is 24.4 Å². The highest BCUT2D eigenvalue weighted by Gasteiger charge is 2.29. The maximum atomic E-state index is 12.4. The van der Waals surface area contributed by atoms with E-state index in [0.29, 0.717) is 24.3 Å². The molecule has 1 saturated heterocycles. The fourth-order valence-corrected chi connectivity index (χ4v) is 2.56. The molecule has 0 radical (unpaired) electrons. The smallest absolute Gasteiger partial charge is 0.308 e. The van der Waals surface area contributed by atoms with Crippen molar-refractivity contribution in [2.24, 2.45) is 5.92 Å². The van der Waals surface area contributed by atoms with E-state index in [1.165, 1.54) is 0 Å². The molecule has 20 heavy (non-hydrogen) atoms. The van der Waals surface area contributed by atoms with Crippen molar-refractivity contribution >= 4 is 17.5 Å². The molecular weight excluding hydrogens is 258 g/mol. The molecule has 0 saturated carbocycles. The highest BCUT2D eigenvalue weighted by atomic mass is 16.4. The first-order valence-corrected chi connectivity index (χ1v) is 6.61. The monoisotopic (exact) mass is 273 g/mol. The normalized spacial score (nSPS) is 19.2. The van der Waals surface area contributed by atoms with E-state index >= 15 is 0 Å². The van der Waals surface area contributed by atoms with Gasteiger partial charge in [0, 0.05) is 25.5 Å². The summed E-state index contributed by atoms with van der Waals surface area (Å²) in [7, 11) is 0. The number of piperidine rings is 1. The van der Waals surface area contributed by atoms with Crippen LogP contribution in [0.15, 0.2) is 30.6 Å². The van der Waals surface area contributed by atoms with Crippen LogP contribution in [0.5, 0.6) is 0 Å². The summed E-state index contributed by atoms with van der Waals surface area (Å²) in [5.74, 6) is -1.50. The van der Waals surface area contributed by atoms with Gasteiger partial charge in [-0.25, -0.2) is 4.98 Å². The Balaban J connectivity index is 1.82. The molecule has 1 atom stereocenters. The molecule has 1 amide bonds. The van der Waals surface area contributed by atoms with Gasteiger partial charge in [0.2, 0.25) is 0 Å². The molecule has 0 aromatic carbocycles. The lowest BCUT2D eigenvalue weighted by Crippen LogP contribution is -2.42. The molecule has 3 rings (SSSR count). The van der Waals surface area contributed by atoms with Gasteiger partial charge >= 0.3 is 5.97 Å². The van der Waals surface area contributed by atoms with Crippen molar-refractivity contribution in [3.63, 3.8) is 0 Å². The van der Waals surface area contributed by atoms with Crippen molar-refractivity contribution in [3.05, 3.63) is 36.3 Å². The van der Waals surface area contributed by atoms with Crippen molar-refractivity contribution in [2.75, 3.05) is 13.1 Å². The minimum Gasteiger partial charge on any atom is -0.481 e. The minimum atomic E-state index is -0.836. The third kappa shape index (κ3) is 2.24. The van der Waals surface area contributed by atoms with Gasteiger partial charge in [0.25, 0.3) is 5.91 Å². The van der Waals surface area contributed by atoms with Gasteiger partial charge in [0.05, 0.1) is 5.92 Å². The lowest BCUT2D eigenvalue weighted by molar-refractivity contribution is -0.143. The number of hydrogen-bond acceptors (Lipinski definition) is 3. The number of carboxylic acids is 1. The van der Waals surface area contributed by atoms with Crippen LogP contribution in [0, 0.1) is 5.92 Å². The standard InChI is InChI=1S/C14H15N3O3/c18-13(17-7-3-4-10(8-17)14(19)20)11-9-16-6-2-1-5-12(16)15-11/h1-2,5-6,9-10H,3-4,7-8H2,(H,19,20)/t10-/m0/s1. The van der Waals surface area contributed by atoms with Crippen LogP contribution in [-0.4, -0.2) is 44.4 Å². The largest absolute Gasteiger partial charge is 0.481 e. The Kier molecular flexibility index (Phi) is 3.14. The molecule has 1 N–H and O–H groups in total. The number of imidazole rings is 1. The molecular formula is C14H15N3O3. The second kappa shape index (κ2) is 4.96. The minimum absolute atomic E-state index is 0.195. The molecule has 2 aromatic heterocycles. The van der Waals surface area contributed by atoms with Gasteiger partial charge in [-0.3, -0.25) is 9.59 Å². The number of likely N-dealkylation sites (tertiary alicyclic amines) is 1. The quantitative estimate of drug-likeness (QED) is 0.894. The number of hydrogen-bond donors (Lipinski definition) is 1. The van der Waals surface area contributed by atoms with Crippen molar-refractivity contribution < 1.29 is 14.7 Å². The van der Waals surface area contributed by atoms with Gasteiger partial charge in [0.15, 0.2) is 0 Å². The van der Waals surface area contributed by atoms with E-state index in [0.717, 1.165) is 6.42 Å². The van der Waals surface area contributed by atoms with Crippen LogP contribution in [0.25, 0.3) is 5.65 Å². The Morgan fingerprint density at radius 2 is 2.20 bits per heavy atom. The molecule has 0 aliphatic carbocycles. The average molecular weight is 273 g/mol. The van der Waals surface area contributed by atoms with Crippen LogP contribution < -0.4 is 0 Å². The molecule has 1 aliphatic rings. The van der Waals surface area contributed by atoms with Crippen molar-refractivity contribution in [1.29, 1.82) is 0 Å². The second-order valence-electron chi connectivity index (χ2n) is 5.02. The summed E-state index contributed by atoms with van der Waals surface area (Å²) in [5.41, 5.74) is 1.07. The molecule has 0 bridgehead atoms. The highest BCUT2D eigenvalue weighted by molar-refractivity contribution is 5.93. The van der Waals surface area contributed by atoms with Gasteiger partial charge in [-0.15, -0.1) is 0 Å². The van der Waals surface area contributed by atoms with Gasteiger partial charge in [-0.1, -0.05) is 6.07 Å². The number of rotatable bonds is 2.